The average molecular weight is 415 g/mol. The summed E-state index contributed by atoms with van der Waals surface area (Å²) in [5.41, 5.74) is 2.50. The summed E-state index contributed by atoms with van der Waals surface area (Å²) < 4.78 is 15.8. The number of hydrogen-bond acceptors (Lipinski definition) is 6. The third-order valence-corrected chi connectivity index (χ3v) is 4.53. The molecule has 0 saturated carbocycles. The van der Waals surface area contributed by atoms with E-state index in [1.54, 1.807) is 0 Å². The zero-order valence-electron chi connectivity index (χ0n) is 17.6. The molecule has 1 atom stereocenters. The van der Waals surface area contributed by atoms with Crippen molar-refractivity contribution in [3.8, 4) is 0 Å². The van der Waals surface area contributed by atoms with Gasteiger partial charge in [-0.05, 0) is 30.5 Å². The number of rotatable bonds is 10. The fourth-order valence-corrected chi connectivity index (χ4v) is 2.88. The molecule has 0 aromatic heterocycles. The van der Waals surface area contributed by atoms with E-state index >= 15 is 0 Å². The Morgan fingerprint density at radius 2 is 1.63 bits per heavy atom. The summed E-state index contributed by atoms with van der Waals surface area (Å²) in [6, 6.07) is 16.4. The normalized spacial score (nSPS) is 12.1. The van der Waals surface area contributed by atoms with Gasteiger partial charge in [0.2, 0.25) is 0 Å². The van der Waals surface area contributed by atoms with Crippen molar-refractivity contribution >= 4 is 12.1 Å². The van der Waals surface area contributed by atoms with E-state index in [1.165, 1.54) is 7.11 Å². The van der Waals surface area contributed by atoms with E-state index in [-0.39, 0.29) is 6.61 Å². The first-order chi connectivity index (χ1) is 14.3. The molecule has 7 heteroatoms. The lowest BCUT2D eigenvalue weighted by Crippen LogP contribution is -2.44. The van der Waals surface area contributed by atoms with Crippen LogP contribution in [-0.4, -0.2) is 42.5 Å². The van der Waals surface area contributed by atoms with E-state index < -0.39 is 30.3 Å². The van der Waals surface area contributed by atoms with E-state index in [0.29, 0.717) is 13.0 Å². The molecular weight excluding hydrogens is 386 g/mol. The van der Waals surface area contributed by atoms with Gasteiger partial charge in [0.25, 0.3) is 0 Å². The van der Waals surface area contributed by atoms with Gasteiger partial charge in [0, 0.05) is 6.42 Å². The summed E-state index contributed by atoms with van der Waals surface area (Å²) >= 11 is 0. The second kappa shape index (κ2) is 11.3. The molecule has 0 bridgehead atoms. The van der Waals surface area contributed by atoms with Gasteiger partial charge in [-0.2, -0.15) is 0 Å². The van der Waals surface area contributed by atoms with Crippen LogP contribution in [0.1, 0.15) is 30.5 Å². The molecule has 0 saturated heterocycles. The van der Waals surface area contributed by atoms with Crippen molar-refractivity contribution in [2.24, 2.45) is 0 Å². The van der Waals surface area contributed by atoms with Crippen LogP contribution in [0, 0.1) is 0 Å². The van der Waals surface area contributed by atoms with Crippen LogP contribution in [0.3, 0.4) is 0 Å². The number of nitrogens with one attached hydrogen (secondary N) is 1. The third kappa shape index (κ3) is 7.50. The predicted octanol–water partition coefficient (Wildman–Crippen LogP) is 2.98. The maximum atomic E-state index is 12.0. The predicted molar refractivity (Wildman–Crippen MR) is 112 cm³/mol. The van der Waals surface area contributed by atoms with Gasteiger partial charge in [-0.3, -0.25) is 0 Å². The van der Waals surface area contributed by atoms with Crippen LogP contribution in [0.25, 0.3) is 0 Å². The fourth-order valence-electron chi connectivity index (χ4n) is 2.88. The van der Waals surface area contributed by atoms with Crippen LogP contribution < -0.4 is 5.32 Å². The number of aliphatic hydroxyl groups is 1. The van der Waals surface area contributed by atoms with Gasteiger partial charge >= 0.3 is 12.1 Å². The maximum absolute atomic E-state index is 12.0. The highest BCUT2D eigenvalue weighted by atomic mass is 16.6. The van der Waals surface area contributed by atoms with E-state index in [9.17, 15) is 14.7 Å². The van der Waals surface area contributed by atoms with Gasteiger partial charge in [-0.25, -0.2) is 9.59 Å². The minimum Gasteiger partial charge on any atom is -0.467 e. The number of alkyl carbamates (subject to hydrolysis) is 1. The van der Waals surface area contributed by atoms with E-state index in [4.69, 9.17) is 9.47 Å². The molecule has 0 spiro atoms. The summed E-state index contributed by atoms with van der Waals surface area (Å²) in [6.07, 6.45) is -0.184. The SMILES string of the molecule is COC(=O)[C@H](CO)NC(=O)OCc1ccccc1CC(C)(C)OCc1ccccc1. The molecule has 30 heavy (non-hydrogen) atoms. The summed E-state index contributed by atoms with van der Waals surface area (Å²) in [4.78, 5) is 23.4. The topological polar surface area (TPSA) is 94.1 Å². The van der Waals surface area contributed by atoms with Crippen molar-refractivity contribution in [2.75, 3.05) is 13.7 Å². The first-order valence-corrected chi connectivity index (χ1v) is 9.71. The standard InChI is InChI=1S/C23H29NO6/c1-23(2,30-15-17-9-5-4-6-10-17)13-18-11-7-8-12-19(18)16-29-22(27)24-20(14-25)21(26)28-3/h4-12,20,25H,13-16H2,1-3H3,(H,24,27)/t20-/m0/s1. The van der Waals surface area contributed by atoms with Crippen LogP contribution in [0.4, 0.5) is 4.79 Å². The molecule has 0 aliphatic rings. The van der Waals surface area contributed by atoms with Crippen LogP contribution >= 0.6 is 0 Å². The lowest BCUT2D eigenvalue weighted by Gasteiger charge is -2.27. The molecule has 1 amide bonds. The summed E-state index contributed by atoms with van der Waals surface area (Å²) in [5, 5.41) is 11.5. The van der Waals surface area contributed by atoms with E-state index in [1.807, 2.05) is 68.4 Å². The highest BCUT2D eigenvalue weighted by Crippen LogP contribution is 2.22. The second-order valence-corrected chi connectivity index (χ2v) is 7.46. The van der Waals surface area contributed by atoms with Crippen molar-refractivity contribution in [1.82, 2.24) is 5.32 Å². The summed E-state index contributed by atoms with van der Waals surface area (Å²) in [7, 11) is 1.18. The molecule has 7 nitrogen and oxygen atoms in total. The van der Waals surface area contributed by atoms with Crippen molar-refractivity contribution in [3.05, 3.63) is 71.3 Å². The Balaban J connectivity index is 1.94. The first kappa shape index (κ1) is 23.4. The minimum absolute atomic E-state index is 0.0239. The van der Waals surface area contributed by atoms with Gasteiger partial charge in [0.05, 0.1) is 25.9 Å². The minimum atomic E-state index is -1.16. The monoisotopic (exact) mass is 415 g/mol. The molecule has 0 unspecified atom stereocenters. The number of esters is 1. The molecule has 2 aromatic rings. The van der Waals surface area contributed by atoms with Gasteiger partial charge in [0.15, 0.2) is 6.04 Å². The Kier molecular flexibility index (Phi) is 8.83. The fraction of sp³-hybridized carbons (Fsp3) is 0.391. The molecule has 2 N–H and O–H groups in total. The Bertz CT molecular complexity index is 821. The molecule has 0 fully saturated rings. The van der Waals surface area contributed by atoms with Crippen molar-refractivity contribution < 1.29 is 28.9 Å². The van der Waals surface area contributed by atoms with E-state index in [0.717, 1.165) is 16.7 Å². The molecule has 2 aromatic carbocycles. The second-order valence-electron chi connectivity index (χ2n) is 7.46. The van der Waals surface area contributed by atoms with Crippen LogP contribution in [0.15, 0.2) is 54.6 Å². The van der Waals surface area contributed by atoms with Crippen LogP contribution in [0.5, 0.6) is 0 Å². The average Bonchev–Trinajstić information content (AvgIpc) is 2.75. The third-order valence-electron chi connectivity index (χ3n) is 4.53. The lowest BCUT2D eigenvalue weighted by atomic mass is 9.94. The Hall–Kier alpha value is -2.90. The van der Waals surface area contributed by atoms with Gasteiger partial charge in [0.1, 0.15) is 6.61 Å². The maximum Gasteiger partial charge on any atom is 0.408 e. The summed E-state index contributed by atoms with van der Waals surface area (Å²) in [6.45, 7) is 3.98. The Morgan fingerprint density at radius 1 is 1.00 bits per heavy atom. The largest absolute Gasteiger partial charge is 0.467 e. The lowest BCUT2D eigenvalue weighted by molar-refractivity contribution is -0.144. The molecule has 0 aliphatic heterocycles. The van der Waals surface area contributed by atoms with E-state index in [2.05, 4.69) is 10.1 Å². The van der Waals surface area contributed by atoms with Crippen molar-refractivity contribution in [2.45, 2.75) is 45.1 Å². The first-order valence-electron chi connectivity index (χ1n) is 9.71. The van der Waals surface area contributed by atoms with Crippen molar-refractivity contribution in [3.63, 3.8) is 0 Å². The number of aliphatic hydroxyl groups excluding tert-OH is 1. The highest BCUT2D eigenvalue weighted by molar-refractivity contribution is 5.81. The van der Waals surface area contributed by atoms with Gasteiger partial charge in [-0.15, -0.1) is 0 Å². The van der Waals surface area contributed by atoms with Gasteiger partial charge in [-0.1, -0.05) is 54.6 Å². The summed E-state index contributed by atoms with van der Waals surface area (Å²) in [5.74, 6) is -0.743. The smallest absolute Gasteiger partial charge is 0.408 e. The Labute approximate surface area is 177 Å². The number of carbonyl (C=O) groups excluding carboxylic acids is 2. The quantitative estimate of drug-likeness (QED) is 0.580. The zero-order valence-corrected chi connectivity index (χ0v) is 17.6. The van der Waals surface area contributed by atoms with Crippen LogP contribution in [0.2, 0.25) is 0 Å². The number of ether oxygens (including phenoxy) is 3. The number of carbonyl (C=O) groups is 2. The molecule has 0 aliphatic carbocycles. The number of methoxy groups -OCH3 is 1. The molecule has 0 radical (unpaired) electrons. The molecule has 0 heterocycles. The zero-order chi connectivity index (χ0) is 22.0. The number of benzene rings is 2. The van der Waals surface area contributed by atoms with Crippen molar-refractivity contribution in [1.29, 1.82) is 0 Å². The molecular formula is C23H29NO6. The van der Waals surface area contributed by atoms with Crippen LogP contribution in [-0.2, 0) is 38.6 Å². The highest BCUT2D eigenvalue weighted by Gasteiger charge is 2.23. The Morgan fingerprint density at radius 3 is 2.27 bits per heavy atom. The van der Waals surface area contributed by atoms with Gasteiger partial charge < -0.3 is 24.6 Å². The molecule has 162 valence electrons. The number of amides is 1. The number of hydrogen-bond donors (Lipinski definition) is 2. The molecule has 2 rings (SSSR count).